The maximum absolute atomic E-state index is 12.3. The summed E-state index contributed by atoms with van der Waals surface area (Å²) in [5, 5.41) is 15.1. The Bertz CT molecular complexity index is 678. The number of para-hydroxylation sites is 1. The third-order valence-corrected chi connectivity index (χ3v) is 4.98. The minimum Gasteiger partial charge on any atom is -0.496 e. The number of ether oxygens (including phenoxy) is 1. The summed E-state index contributed by atoms with van der Waals surface area (Å²) in [6.45, 7) is 0. The van der Waals surface area contributed by atoms with Crippen LogP contribution in [0, 0.1) is 0 Å². The molecule has 2 N–H and O–H groups in total. The second-order valence-corrected chi connectivity index (χ2v) is 6.58. The van der Waals surface area contributed by atoms with E-state index in [1.54, 1.807) is 12.5 Å². The molecule has 3 rings (SSSR count). The Morgan fingerprint density at radius 2 is 2.04 bits per heavy atom. The second-order valence-electron chi connectivity index (χ2n) is 5.72. The number of hydrogen-bond acceptors (Lipinski definition) is 5. The van der Waals surface area contributed by atoms with Gasteiger partial charge in [0.2, 0.25) is 0 Å². The van der Waals surface area contributed by atoms with Crippen LogP contribution in [0.25, 0.3) is 10.6 Å². The summed E-state index contributed by atoms with van der Waals surface area (Å²) in [4.78, 5) is 16.8. The molecule has 0 radical (unpaired) electrons. The van der Waals surface area contributed by atoms with Crippen molar-refractivity contribution < 1.29 is 14.6 Å². The SMILES string of the molecule is COc1ccccc1-c1nc(C(=O)NC2CCC(O)CC2)cs1. The van der Waals surface area contributed by atoms with Crippen molar-refractivity contribution in [1.29, 1.82) is 0 Å². The van der Waals surface area contributed by atoms with E-state index < -0.39 is 0 Å². The summed E-state index contributed by atoms with van der Waals surface area (Å²) >= 11 is 1.43. The van der Waals surface area contributed by atoms with Gasteiger partial charge in [0.25, 0.3) is 5.91 Å². The van der Waals surface area contributed by atoms with Crippen LogP contribution in [-0.4, -0.2) is 35.3 Å². The molecule has 1 saturated carbocycles. The molecule has 1 fully saturated rings. The van der Waals surface area contributed by atoms with Gasteiger partial charge in [0.15, 0.2) is 0 Å². The Morgan fingerprint density at radius 3 is 2.78 bits per heavy atom. The fourth-order valence-corrected chi connectivity index (χ4v) is 3.63. The van der Waals surface area contributed by atoms with Gasteiger partial charge in [0, 0.05) is 11.4 Å². The zero-order valence-corrected chi connectivity index (χ0v) is 13.8. The van der Waals surface area contributed by atoms with Gasteiger partial charge >= 0.3 is 0 Å². The van der Waals surface area contributed by atoms with E-state index in [4.69, 9.17) is 4.74 Å². The van der Waals surface area contributed by atoms with Gasteiger partial charge in [0.05, 0.1) is 18.8 Å². The predicted molar refractivity (Wildman–Crippen MR) is 89.8 cm³/mol. The van der Waals surface area contributed by atoms with E-state index in [-0.39, 0.29) is 18.1 Å². The Balaban J connectivity index is 1.70. The highest BCUT2D eigenvalue weighted by Gasteiger charge is 2.22. The molecule has 5 nitrogen and oxygen atoms in total. The van der Waals surface area contributed by atoms with Crippen LogP contribution in [-0.2, 0) is 0 Å². The summed E-state index contributed by atoms with van der Waals surface area (Å²) in [6, 6.07) is 7.77. The van der Waals surface area contributed by atoms with Crippen LogP contribution in [0.15, 0.2) is 29.6 Å². The first-order valence-electron chi connectivity index (χ1n) is 7.75. The number of methoxy groups -OCH3 is 1. The molecular weight excluding hydrogens is 312 g/mol. The molecular formula is C17H20N2O3S. The van der Waals surface area contributed by atoms with Gasteiger partial charge < -0.3 is 15.2 Å². The van der Waals surface area contributed by atoms with Crippen LogP contribution in [0.3, 0.4) is 0 Å². The van der Waals surface area contributed by atoms with Crippen molar-refractivity contribution in [3.05, 3.63) is 35.3 Å². The van der Waals surface area contributed by atoms with E-state index in [0.29, 0.717) is 5.69 Å². The van der Waals surface area contributed by atoms with E-state index in [2.05, 4.69) is 10.3 Å². The van der Waals surface area contributed by atoms with Gasteiger partial charge in [-0.05, 0) is 37.8 Å². The van der Waals surface area contributed by atoms with Gasteiger partial charge in [-0.2, -0.15) is 0 Å². The summed E-state index contributed by atoms with van der Waals surface area (Å²) in [5.74, 6) is 0.596. The normalized spacial score (nSPS) is 21.0. The zero-order chi connectivity index (χ0) is 16.2. The standard InChI is InChI=1S/C17H20N2O3S/c1-22-15-5-3-2-4-13(15)17-19-14(10-23-17)16(21)18-11-6-8-12(20)9-7-11/h2-5,10-12,20H,6-9H2,1H3,(H,18,21). The molecule has 23 heavy (non-hydrogen) atoms. The Labute approximate surface area is 139 Å². The quantitative estimate of drug-likeness (QED) is 0.903. The lowest BCUT2D eigenvalue weighted by atomic mass is 9.93. The lowest BCUT2D eigenvalue weighted by Crippen LogP contribution is -2.38. The molecule has 0 saturated heterocycles. The van der Waals surface area contributed by atoms with Crippen LogP contribution >= 0.6 is 11.3 Å². The van der Waals surface area contributed by atoms with E-state index >= 15 is 0 Å². The number of benzene rings is 1. The van der Waals surface area contributed by atoms with Gasteiger partial charge in [-0.25, -0.2) is 4.98 Å². The highest BCUT2D eigenvalue weighted by Crippen LogP contribution is 2.32. The zero-order valence-electron chi connectivity index (χ0n) is 13.0. The highest BCUT2D eigenvalue weighted by atomic mass is 32.1. The van der Waals surface area contributed by atoms with Crippen molar-refractivity contribution >= 4 is 17.2 Å². The molecule has 0 spiro atoms. The number of thiazole rings is 1. The molecule has 6 heteroatoms. The van der Waals surface area contributed by atoms with Gasteiger partial charge in [0.1, 0.15) is 16.5 Å². The van der Waals surface area contributed by atoms with Crippen molar-refractivity contribution in [1.82, 2.24) is 10.3 Å². The Hall–Kier alpha value is -1.92. The van der Waals surface area contributed by atoms with Crippen molar-refractivity contribution in [3.8, 4) is 16.3 Å². The second kappa shape index (κ2) is 7.10. The average molecular weight is 332 g/mol. The highest BCUT2D eigenvalue weighted by molar-refractivity contribution is 7.13. The van der Waals surface area contributed by atoms with Crippen molar-refractivity contribution in [2.45, 2.75) is 37.8 Å². The Morgan fingerprint density at radius 1 is 1.30 bits per heavy atom. The molecule has 0 atom stereocenters. The van der Waals surface area contributed by atoms with Crippen LogP contribution in [0.2, 0.25) is 0 Å². The number of aromatic nitrogens is 1. The third kappa shape index (κ3) is 3.71. The summed E-state index contributed by atoms with van der Waals surface area (Å²) in [7, 11) is 1.62. The lowest BCUT2D eigenvalue weighted by Gasteiger charge is -2.25. The largest absolute Gasteiger partial charge is 0.496 e. The minimum absolute atomic E-state index is 0.127. The lowest BCUT2D eigenvalue weighted by molar-refractivity contribution is 0.0864. The van der Waals surface area contributed by atoms with Crippen LogP contribution < -0.4 is 10.1 Å². The number of nitrogens with zero attached hydrogens (tertiary/aromatic N) is 1. The van der Waals surface area contributed by atoms with E-state index in [9.17, 15) is 9.90 Å². The smallest absolute Gasteiger partial charge is 0.270 e. The first kappa shape index (κ1) is 16.0. The number of aliphatic hydroxyl groups excluding tert-OH is 1. The molecule has 1 aliphatic rings. The molecule has 1 aromatic heterocycles. The van der Waals surface area contributed by atoms with Gasteiger partial charge in [-0.1, -0.05) is 12.1 Å². The number of carbonyl (C=O) groups is 1. The number of hydrogen-bond donors (Lipinski definition) is 2. The molecule has 1 aromatic carbocycles. The molecule has 122 valence electrons. The number of rotatable bonds is 4. The topological polar surface area (TPSA) is 71.5 Å². The predicted octanol–water partition coefficient (Wildman–Crippen LogP) is 2.85. The monoisotopic (exact) mass is 332 g/mol. The molecule has 0 unspecified atom stereocenters. The molecule has 1 heterocycles. The number of nitrogens with one attached hydrogen (secondary N) is 1. The van der Waals surface area contributed by atoms with Crippen LogP contribution in [0.5, 0.6) is 5.75 Å². The molecule has 1 amide bonds. The van der Waals surface area contributed by atoms with Crippen LogP contribution in [0.4, 0.5) is 0 Å². The maximum Gasteiger partial charge on any atom is 0.270 e. The van der Waals surface area contributed by atoms with Gasteiger partial charge in [-0.3, -0.25) is 4.79 Å². The number of aliphatic hydroxyl groups is 1. The van der Waals surface area contributed by atoms with E-state index in [1.165, 1.54) is 11.3 Å². The fourth-order valence-electron chi connectivity index (χ4n) is 2.80. The maximum atomic E-state index is 12.3. The van der Waals surface area contributed by atoms with Crippen molar-refractivity contribution in [3.63, 3.8) is 0 Å². The van der Waals surface area contributed by atoms with Crippen molar-refractivity contribution in [2.24, 2.45) is 0 Å². The van der Waals surface area contributed by atoms with Crippen molar-refractivity contribution in [2.75, 3.05) is 7.11 Å². The minimum atomic E-state index is -0.223. The number of carbonyl (C=O) groups excluding carboxylic acids is 1. The molecule has 0 bridgehead atoms. The van der Waals surface area contributed by atoms with Crippen LogP contribution in [0.1, 0.15) is 36.2 Å². The van der Waals surface area contributed by atoms with E-state index in [0.717, 1.165) is 42.0 Å². The van der Waals surface area contributed by atoms with E-state index in [1.807, 2.05) is 24.3 Å². The molecule has 2 aromatic rings. The fraction of sp³-hybridized carbons (Fsp3) is 0.412. The van der Waals surface area contributed by atoms with Gasteiger partial charge in [-0.15, -0.1) is 11.3 Å². The average Bonchev–Trinajstić information content (AvgIpc) is 3.07. The molecule has 1 aliphatic carbocycles. The first-order valence-corrected chi connectivity index (χ1v) is 8.63. The summed E-state index contributed by atoms with van der Waals surface area (Å²) in [6.07, 6.45) is 2.90. The third-order valence-electron chi connectivity index (χ3n) is 4.11. The Kier molecular flexibility index (Phi) is 4.93. The summed E-state index contributed by atoms with van der Waals surface area (Å²) < 4.78 is 5.34. The first-order chi connectivity index (χ1) is 11.2. The molecule has 0 aliphatic heterocycles. The number of amides is 1. The summed E-state index contributed by atoms with van der Waals surface area (Å²) in [5.41, 5.74) is 1.32.